The highest BCUT2D eigenvalue weighted by atomic mass is 35.5. The Morgan fingerprint density at radius 2 is 1.94 bits per heavy atom. The average Bonchev–Trinajstić information content (AvgIpc) is 2.90. The Kier molecular flexibility index (Phi) is 3.86. The van der Waals surface area contributed by atoms with Gasteiger partial charge in [0.1, 0.15) is 5.75 Å². The van der Waals surface area contributed by atoms with E-state index >= 15 is 0 Å². The van der Waals surface area contributed by atoms with Crippen LogP contribution in [0.2, 0.25) is 5.02 Å². The molecule has 1 atom stereocenters. The van der Waals surface area contributed by atoms with Gasteiger partial charge in [0.05, 0.1) is 23.1 Å². The van der Waals surface area contributed by atoms with Crippen LogP contribution >= 0.6 is 34.3 Å². The fraction of sp³-hybridized carbons (Fsp3) is 0.273. The molecule has 0 aliphatic heterocycles. The lowest BCUT2D eigenvalue weighted by molar-refractivity contribution is 0.409. The number of nitrogens with one attached hydrogen (secondary N) is 1. The molecule has 2 heterocycles. The van der Waals surface area contributed by atoms with Gasteiger partial charge in [0.15, 0.2) is 0 Å². The minimum absolute atomic E-state index is 0.113. The first-order valence-corrected chi connectivity index (χ1v) is 6.93. The summed E-state index contributed by atoms with van der Waals surface area (Å²) in [5.41, 5.74) is 0. The molecule has 0 bridgehead atoms. The molecule has 2 aromatic rings. The summed E-state index contributed by atoms with van der Waals surface area (Å²) in [5.74, 6) is 0.911. The van der Waals surface area contributed by atoms with Crippen molar-refractivity contribution >= 4 is 34.3 Å². The van der Waals surface area contributed by atoms with E-state index in [2.05, 4.69) is 5.32 Å². The number of ether oxygens (including phenoxy) is 1. The second-order valence-electron chi connectivity index (χ2n) is 3.21. The summed E-state index contributed by atoms with van der Waals surface area (Å²) in [5, 5.41) is 8.11. The van der Waals surface area contributed by atoms with Gasteiger partial charge < -0.3 is 10.1 Å². The summed E-state index contributed by atoms with van der Waals surface area (Å²) in [4.78, 5) is 2.29. The maximum absolute atomic E-state index is 6.16. The molecule has 0 spiro atoms. The summed E-state index contributed by atoms with van der Waals surface area (Å²) >= 11 is 9.49. The van der Waals surface area contributed by atoms with Gasteiger partial charge in [-0.3, -0.25) is 0 Å². The van der Waals surface area contributed by atoms with Gasteiger partial charge in [-0.15, -0.1) is 22.7 Å². The van der Waals surface area contributed by atoms with E-state index in [4.69, 9.17) is 16.3 Å². The number of hydrogen-bond donors (Lipinski definition) is 1. The summed E-state index contributed by atoms with van der Waals surface area (Å²) in [7, 11) is 3.62. The number of rotatable bonds is 4. The fourth-order valence-electron chi connectivity index (χ4n) is 1.58. The van der Waals surface area contributed by atoms with Crippen molar-refractivity contribution in [1.29, 1.82) is 0 Å². The molecule has 16 heavy (non-hydrogen) atoms. The van der Waals surface area contributed by atoms with Crippen LogP contribution in [0, 0.1) is 0 Å². The molecule has 0 saturated carbocycles. The Balaban J connectivity index is 2.40. The standard InChI is InChI=1S/C11H12ClNOS2/c1-13-9(10-7(12)3-5-15-10)11-8(14-2)4-6-16-11/h3-6,9,13H,1-2H3. The van der Waals surface area contributed by atoms with Crippen molar-refractivity contribution < 1.29 is 4.74 Å². The van der Waals surface area contributed by atoms with Gasteiger partial charge in [-0.1, -0.05) is 11.6 Å². The SMILES string of the molecule is CNC(c1sccc1Cl)c1sccc1OC. The average molecular weight is 274 g/mol. The fourth-order valence-corrected chi connectivity index (χ4v) is 3.92. The highest BCUT2D eigenvalue weighted by Gasteiger charge is 2.21. The van der Waals surface area contributed by atoms with E-state index in [1.165, 1.54) is 0 Å². The van der Waals surface area contributed by atoms with Crippen molar-refractivity contribution in [2.45, 2.75) is 6.04 Å². The van der Waals surface area contributed by atoms with Crippen LogP contribution in [0.25, 0.3) is 0 Å². The molecule has 0 amide bonds. The van der Waals surface area contributed by atoms with Crippen molar-refractivity contribution in [2.24, 2.45) is 0 Å². The Labute approximate surface area is 108 Å². The molecule has 0 aromatic carbocycles. The Hall–Kier alpha value is -0.550. The second kappa shape index (κ2) is 5.19. The number of methoxy groups -OCH3 is 1. The van der Waals surface area contributed by atoms with Crippen LogP contribution in [-0.2, 0) is 0 Å². The summed E-state index contributed by atoms with van der Waals surface area (Å²) in [6, 6.07) is 4.01. The van der Waals surface area contributed by atoms with Crippen molar-refractivity contribution in [3.05, 3.63) is 37.7 Å². The van der Waals surface area contributed by atoms with Crippen LogP contribution in [0.4, 0.5) is 0 Å². The summed E-state index contributed by atoms with van der Waals surface area (Å²) < 4.78 is 5.34. The molecule has 1 N–H and O–H groups in total. The van der Waals surface area contributed by atoms with Crippen LogP contribution in [0.15, 0.2) is 22.9 Å². The molecule has 86 valence electrons. The predicted octanol–water partition coefficient (Wildman–Crippen LogP) is 3.78. The lowest BCUT2D eigenvalue weighted by Gasteiger charge is -2.15. The summed E-state index contributed by atoms with van der Waals surface area (Å²) in [6.45, 7) is 0. The number of thiophene rings is 2. The Morgan fingerprint density at radius 3 is 2.50 bits per heavy atom. The first kappa shape index (κ1) is 11.9. The molecule has 5 heteroatoms. The van der Waals surface area contributed by atoms with Crippen LogP contribution in [-0.4, -0.2) is 14.2 Å². The van der Waals surface area contributed by atoms with E-state index < -0.39 is 0 Å². The van der Waals surface area contributed by atoms with Gasteiger partial charge >= 0.3 is 0 Å². The van der Waals surface area contributed by atoms with Crippen molar-refractivity contribution in [3.63, 3.8) is 0 Å². The van der Waals surface area contributed by atoms with E-state index in [0.717, 1.165) is 20.5 Å². The normalized spacial score (nSPS) is 12.7. The lowest BCUT2D eigenvalue weighted by atomic mass is 10.2. The number of halogens is 1. The zero-order valence-corrected chi connectivity index (χ0v) is 11.4. The largest absolute Gasteiger partial charge is 0.496 e. The van der Waals surface area contributed by atoms with Crippen molar-refractivity contribution in [1.82, 2.24) is 5.32 Å². The molecule has 0 aliphatic carbocycles. The van der Waals surface area contributed by atoms with Crippen LogP contribution in [0.5, 0.6) is 5.75 Å². The van der Waals surface area contributed by atoms with Crippen LogP contribution in [0.3, 0.4) is 0 Å². The molecule has 2 rings (SSSR count). The third-order valence-corrected chi connectivity index (χ3v) is 4.72. The van der Waals surface area contributed by atoms with E-state index in [-0.39, 0.29) is 6.04 Å². The maximum atomic E-state index is 6.16. The number of hydrogen-bond acceptors (Lipinski definition) is 4. The van der Waals surface area contributed by atoms with Gasteiger partial charge in [0.2, 0.25) is 0 Å². The minimum atomic E-state index is 0.113. The molecule has 1 unspecified atom stereocenters. The Bertz CT molecular complexity index is 466. The zero-order chi connectivity index (χ0) is 11.5. The molecular formula is C11H12ClNOS2. The molecule has 0 aliphatic rings. The highest BCUT2D eigenvalue weighted by molar-refractivity contribution is 7.12. The van der Waals surface area contributed by atoms with Gasteiger partial charge in [-0.2, -0.15) is 0 Å². The van der Waals surface area contributed by atoms with Crippen LogP contribution in [0.1, 0.15) is 15.8 Å². The summed E-state index contributed by atoms with van der Waals surface area (Å²) in [6.07, 6.45) is 0. The van der Waals surface area contributed by atoms with Gasteiger partial charge in [0, 0.05) is 4.88 Å². The quantitative estimate of drug-likeness (QED) is 0.915. The van der Waals surface area contributed by atoms with E-state index in [1.807, 2.05) is 29.9 Å². The van der Waals surface area contributed by atoms with E-state index in [1.54, 1.807) is 29.8 Å². The molecule has 2 aromatic heterocycles. The van der Waals surface area contributed by atoms with Gasteiger partial charge in [0.25, 0.3) is 0 Å². The van der Waals surface area contributed by atoms with Crippen LogP contribution < -0.4 is 10.1 Å². The minimum Gasteiger partial charge on any atom is -0.496 e. The molecular weight excluding hydrogens is 262 g/mol. The predicted molar refractivity (Wildman–Crippen MR) is 71.1 cm³/mol. The Morgan fingerprint density at radius 1 is 1.25 bits per heavy atom. The zero-order valence-electron chi connectivity index (χ0n) is 8.99. The molecule has 0 fully saturated rings. The maximum Gasteiger partial charge on any atom is 0.134 e. The molecule has 2 nitrogen and oxygen atoms in total. The molecule has 0 radical (unpaired) electrons. The van der Waals surface area contributed by atoms with Gasteiger partial charge in [-0.25, -0.2) is 0 Å². The van der Waals surface area contributed by atoms with Crippen molar-refractivity contribution in [2.75, 3.05) is 14.2 Å². The van der Waals surface area contributed by atoms with Gasteiger partial charge in [-0.05, 0) is 29.9 Å². The lowest BCUT2D eigenvalue weighted by Crippen LogP contribution is -2.16. The van der Waals surface area contributed by atoms with E-state index in [0.29, 0.717) is 0 Å². The third kappa shape index (κ3) is 2.11. The van der Waals surface area contributed by atoms with E-state index in [9.17, 15) is 0 Å². The monoisotopic (exact) mass is 273 g/mol. The second-order valence-corrected chi connectivity index (χ2v) is 5.51. The third-order valence-electron chi connectivity index (χ3n) is 2.34. The highest BCUT2D eigenvalue weighted by Crippen LogP contribution is 2.39. The smallest absolute Gasteiger partial charge is 0.134 e. The molecule has 0 saturated heterocycles. The first-order valence-electron chi connectivity index (χ1n) is 4.79. The first-order chi connectivity index (χ1) is 7.77. The topological polar surface area (TPSA) is 21.3 Å². The van der Waals surface area contributed by atoms with Crippen molar-refractivity contribution in [3.8, 4) is 5.75 Å².